The van der Waals surface area contributed by atoms with E-state index in [0.29, 0.717) is 19.4 Å². The highest BCUT2D eigenvalue weighted by molar-refractivity contribution is 5.77. The molecule has 24 heavy (non-hydrogen) atoms. The molecule has 0 aliphatic carbocycles. The molecule has 1 amide bonds. The van der Waals surface area contributed by atoms with Crippen molar-refractivity contribution in [1.82, 2.24) is 4.90 Å². The van der Waals surface area contributed by atoms with Crippen LogP contribution in [0.25, 0.3) is 0 Å². The van der Waals surface area contributed by atoms with E-state index in [9.17, 15) is 9.59 Å². The first-order valence-corrected chi connectivity index (χ1v) is 8.86. The maximum absolute atomic E-state index is 12.8. The molecule has 0 bridgehead atoms. The SMILES string of the molecule is O=C(O)CC[C@H]1CCCCN1C(=O)C[C@@H]1OCCc2ccccc21. The van der Waals surface area contributed by atoms with Crippen LogP contribution in [0.15, 0.2) is 24.3 Å². The van der Waals surface area contributed by atoms with E-state index < -0.39 is 5.97 Å². The summed E-state index contributed by atoms with van der Waals surface area (Å²) in [6, 6.07) is 8.22. The Morgan fingerprint density at radius 2 is 2.08 bits per heavy atom. The number of rotatable bonds is 5. The van der Waals surface area contributed by atoms with Crippen molar-refractivity contribution in [2.45, 2.75) is 57.1 Å². The van der Waals surface area contributed by atoms with E-state index in [1.807, 2.05) is 23.1 Å². The lowest BCUT2D eigenvalue weighted by molar-refractivity contribution is -0.141. The van der Waals surface area contributed by atoms with E-state index in [4.69, 9.17) is 9.84 Å². The Bertz CT molecular complexity index is 601. The van der Waals surface area contributed by atoms with Crippen LogP contribution in [0.2, 0.25) is 0 Å². The number of piperidine rings is 1. The van der Waals surface area contributed by atoms with Gasteiger partial charge in [-0.3, -0.25) is 9.59 Å². The fourth-order valence-corrected chi connectivity index (χ4v) is 3.84. The van der Waals surface area contributed by atoms with E-state index in [1.54, 1.807) is 0 Å². The van der Waals surface area contributed by atoms with Gasteiger partial charge in [-0.15, -0.1) is 0 Å². The van der Waals surface area contributed by atoms with Crippen molar-refractivity contribution >= 4 is 11.9 Å². The molecule has 0 radical (unpaired) electrons. The van der Waals surface area contributed by atoms with Crippen molar-refractivity contribution in [3.63, 3.8) is 0 Å². The van der Waals surface area contributed by atoms with Crippen LogP contribution in [0.3, 0.4) is 0 Å². The highest BCUT2D eigenvalue weighted by atomic mass is 16.5. The molecule has 2 aliphatic rings. The maximum atomic E-state index is 12.8. The van der Waals surface area contributed by atoms with Gasteiger partial charge in [-0.2, -0.15) is 0 Å². The van der Waals surface area contributed by atoms with Crippen molar-refractivity contribution in [2.24, 2.45) is 0 Å². The lowest BCUT2D eigenvalue weighted by Crippen LogP contribution is -2.44. The molecule has 0 unspecified atom stereocenters. The normalized spacial score (nSPS) is 23.6. The van der Waals surface area contributed by atoms with Crippen molar-refractivity contribution in [3.05, 3.63) is 35.4 Å². The maximum Gasteiger partial charge on any atom is 0.303 e. The zero-order chi connectivity index (χ0) is 16.9. The average molecular weight is 331 g/mol. The number of hydrogen-bond donors (Lipinski definition) is 1. The standard InChI is InChI=1S/C19H25NO4/c21-18(20-11-4-3-6-15(20)8-9-19(22)23)13-17-16-7-2-1-5-14(16)10-12-24-17/h1-2,5,7,15,17H,3-4,6,8-13H2,(H,22,23)/t15-,17+/m1/s1. The van der Waals surface area contributed by atoms with Gasteiger partial charge in [-0.1, -0.05) is 24.3 Å². The summed E-state index contributed by atoms with van der Waals surface area (Å²) in [6.45, 7) is 1.38. The molecule has 2 atom stereocenters. The molecule has 1 aromatic carbocycles. The van der Waals surface area contributed by atoms with Gasteiger partial charge in [0.05, 0.1) is 19.1 Å². The zero-order valence-electron chi connectivity index (χ0n) is 13.9. The van der Waals surface area contributed by atoms with Crippen molar-refractivity contribution in [2.75, 3.05) is 13.2 Å². The van der Waals surface area contributed by atoms with Crippen molar-refractivity contribution in [1.29, 1.82) is 0 Å². The molecule has 0 aromatic heterocycles. The number of benzene rings is 1. The fourth-order valence-electron chi connectivity index (χ4n) is 3.84. The number of hydrogen-bond acceptors (Lipinski definition) is 3. The van der Waals surface area contributed by atoms with Gasteiger partial charge in [0.1, 0.15) is 0 Å². The number of amides is 1. The number of carbonyl (C=O) groups excluding carboxylic acids is 1. The smallest absolute Gasteiger partial charge is 0.303 e. The van der Waals surface area contributed by atoms with E-state index in [0.717, 1.165) is 37.8 Å². The molecule has 3 rings (SSSR count). The summed E-state index contributed by atoms with van der Waals surface area (Å²) in [5.74, 6) is -0.704. The minimum atomic E-state index is -0.794. The predicted molar refractivity (Wildman–Crippen MR) is 89.7 cm³/mol. The number of aliphatic carboxylic acids is 1. The summed E-state index contributed by atoms with van der Waals surface area (Å²) in [6.07, 6.45) is 4.70. The highest BCUT2D eigenvalue weighted by Gasteiger charge is 2.30. The number of carboxylic acid groups (broad SMARTS) is 1. The second-order valence-electron chi connectivity index (χ2n) is 6.68. The Morgan fingerprint density at radius 3 is 2.92 bits per heavy atom. The Hall–Kier alpha value is -1.88. The summed E-state index contributed by atoms with van der Waals surface area (Å²) in [7, 11) is 0. The summed E-state index contributed by atoms with van der Waals surface area (Å²) >= 11 is 0. The molecule has 2 heterocycles. The van der Waals surface area contributed by atoms with Crippen LogP contribution in [-0.2, 0) is 20.7 Å². The molecule has 1 fully saturated rings. The first-order chi connectivity index (χ1) is 11.6. The van der Waals surface area contributed by atoms with Crippen LogP contribution in [0.5, 0.6) is 0 Å². The molecular formula is C19H25NO4. The van der Waals surface area contributed by atoms with Gasteiger partial charge in [0.15, 0.2) is 0 Å². The number of carboxylic acids is 1. The molecule has 2 aliphatic heterocycles. The molecule has 1 N–H and O–H groups in total. The predicted octanol–water partition coefficient (Wildman–Crippen LogP) is 2.94. The molecule has 1 aromatic rings. The third-order valence-corrected chi connectivity index (χ3v) is 5.09. The molecule has 0 spiro atoms. The monoisotopic (exact) mass is 331 g/mol. The van der Waals surface area contributed by atoms with Gasteiger partial charge < -0.3 is 14.7 Å². The van der Waals surface area contributed by atoms with E-state index in [2.05, 4.69) is 6.07 Å². The molecule has 1 saturated heterocycles. The largest absolute Gasteiger partial charge is 0.481 e. The van der Waals surface area contributed by atoms with Gasteiger partial charge in [-0.25, -0.2) is 0 Å². The second-order valence-corrected chi connectivity index (χ2v) is 6.68. The van der Waals surface area contributed by atoms with Crippen LogP contribution in [0, 0.1) is 0 Å². The minimum Gasteiger partial charge on any atom is -0.481 e. The lowest BCUT2D eigenvalue weighted by Gasteiger charge is -2.37. The first-order valence-electron chi connectivity index (χ1n) is 8.86. The second kappa shape index (κ2) is 7.79. The van der Waals surface area contributed by atoms with Gasteiger partial charge in [0, 0.05) is 19.0 Å². The van der Waals surface area contributed by atoms with Crippen molar-refractivity contribution < 1.29 is 19.4 Å². The summed E-state index contributed by atoms with van der Waals surface area (Å²) in [5.41, 5.74) is 2.39. The molecular weight excluding hydrogens is 306 g/mol. The van der Waals surface area contributed by atoms with Crippen LogP contribution in [-0.4, -0.2) is 41.1 Å². The number of fused-ring (bicyclic) bond motifs is 1. The topological polar surface area (TPSA) is 66.8 Å². The molecule has 5 heteroatoms. The van der Waals surface area contributed by atoms with E-state index >= 15 is 0 Å². The zero-order valence-corrected chi connectivity index (χ0v) is 13.9. The number of ether oxygens (including phenoxy) is 1. The van der Waals surface area contributed by atoms with Gasteiger partial charge in [0.2, 0.25) is 5.91 Å². The molecule has 5 nitrogen and oxygen atoms in total. The van der Waals surface area contributed by atoms with E-state index in [1.165, 1.54) is 5.56 Å². The van der Waals surface area contributed by atoms with Crippen LogP contribution >= 0.6 is 0 Å². The van der Waals surface area contributed by atoms with E-state index in [-0.39, 0.29) is 24.5 Å². The Kier molecular flexibility index (Phi) is 5.51. The van der Waals surface area contributed by atoms with Crippen molar-refractivity contribution in [3.8, 4) is 0 Å². The van der Waals surface area contributed by atoms with Gasteiger partial charge >= 0.3 is 5.97 Å². The van der Waals surface area contributed by atoms with Gasteiger partial charge in [0.25, 0.3) is 0 Å². The Balaban J connectivity index is 1.66. The quantitative estimate of drug-likeness (QED) is 0.901. The van der Waals surface area contributed by atoms with Crippen LogP contribution in [0.1, 0.15) is 55.8 Å². The third-order valence-electron chi connectivity index (χ3n) is 5.09. The first kappa shape index (κ1) is 17.0. The number of carbonyl (C=O) groups is 2. The highest BCUT2D eigenvalue weighted by Crippen LogP contribution is 2.31. The third kappa shape index (κ3) is 3.96. The minimum absolute atomic E-state index is 0.0567. The Morgan fingerprint density at radius 1 is 1.25 bits per heavy atom. The number of likely N-dealkylation sites (tertiary alicyclic amines) is 1. The van der Waals surface area contributed by atoms with Gasteiger partial charge in [-0.05, 0) is 43.2 Å². The summed E-state index contributed by atoms with van der Waals surface area (Å²) in [4.78, 5) is 25.6. The molecule has 130 valence electrons. The average Bonchev–Trinajstić information content (AvgIpc) is 2.60. The lowest BCUT2D eigenvalue weighted by atomic mass is 9.93. The summed E-state index contributed by atoms with van der Waals surface area (Å²) < 4.78 is 5.86. The molecule has 0 saturated carbocycles. The fraction of sp³-hybridized carbons (Fsp3) is 0.579. The van der Waals surface area contributed by atoms with Crippen LogP contribution in [0.4, 0.5) is 0 Å². The Labute approximate surface area is 142 Å². The summed E-state index contributed by atoms with van der Waals surface area (Å²) in [5, 5.41) is 8.92. The van der Waals surface area contributed by atoms with Crippen LogP contribution < -0.4 is 0 Å². The number of nitrogens with zero attached hydrogens (tertiary/aromatic N) is 1.